The minimum atomic E-state index is -0.175. The van der Waals surface area contributed by atoms with Gasteiger partial charge in [0.15, 0.2) is 0 Å². The maximum absolute atomic E-state index is 12.7. The van der Waals surface area contributed by atoms with Gasteiger partial charge in [-0.15, -0.1) is 0 Å². The summed E-state index contributed by atoms with van der Waals surface area (Å²) >= 11 is 0. The lowest BCUT2D eigenvalue weighted by atomic mass is 10.0. The van der Waals surface area contributed by atoms with Crippen LogP contribution in [-0.2, 0) is 0 Å². The summed E-state index contributed by atoms with van der Waals surface area (Å²) in [6.07, 6.45) is 0. The highest BCUT2D eigenvalue weighted by molar-refractivity contribution is 6.05. The van der Waals surface area contributed by atoms with E-state index in [0.717, 1.165) is 37.3 Å². The molecule has 1 fully saturated rings. The lowest BCUT2D eigenvalue weighted by Crippen LogP contribution is -2.47. The van der Waals surface area contributed by atoms with Crippen molar-refractivity contribution in [2.75, 3.05) is 38.5 Å². The molecule has 0 unspecified atom stereocenters. The van der Waals surface area contributed by atoms with Crippen molar-refractivity contribution in [1.29, 1.82) is 0 Å². The first-order valence-electron chi connectivity index (χ1n) is 10.1. The van der Waals surface area contributed by atoms with Crippen molar-refractivity contribution in [3.05, 3.63) is 90.0 Å². The number of carbonyl (C=O) groups is 2. The van der Waals surface area contributed by atoms with Crippen LogP contribution in [0.3, 0.4) is 0 Å². The van der Waals surface area contributed by atoms with E-state index in [-0.39, 0.29) is 11.8 Å². The van der Waals surface area contributed by atoms with Crippen molar-refractivity contribution in [1.82, 2.24) is 9.80 Å². The number of amides is 2. The van der Waals surface area contributed by atoms with Gasteiger partial charge in [-0.3, -0.25) is 9.59 Å². The number of hydrogen-bond donors (Lipinski definition) is 1. The van der Waals surface area contributed by atoms with E-state index < -0.39 is 0 Å². The molecule has 1 heterocycles. The Hall–Kier alpha value is -3.44. The van der Waals surface area contributed by atoms with Crippen LogP contribution in [0, 0.1) is 0 Å². The molecule has 4 rings (SSSR count). The summed E-state index contributed by atoms with van der Waals surface area (Å²) in [6, 6.07) is 24.6. The molecule has 3 aromatic carbocycles. The number of anilines is 1. The van der Waals surface area contributed by atoms with Gasteiger partial charge in [-0.2, -0.15) is 0 Å². The summed E-state index contributed by atoms with van der Waals surface area (Å²) in [4.78, 5) is 29.5. The molecule has 1 aliphatic rings. The summed E-state index contributed by atoms with van der Waals surface area (Å²) < 4.78 is 0. The fourth-order valence-electron chi connectivity index (χ4n) is 3.56. The van der Waals surface area contributed by atoms with Gasteiger partial charge in [0.25, 0.3) is 11.8 Å². The van der Waals surface area contributed by atoms with Gasteiger partial charge in [0.05, 0.1) is 0 Å². The molecule has 1 N–H and O–H groups in total. The zero-order valence-electron chi connectivity index (χ0n) is 17.0. The lowest BCUT2D eigenvalue weighted by Gasteiger charge is -2.32. The maximum atomic E-state index is 12.7. The second kappa shape index (κ2) is 8.93. The summed E-state index contributed by atoms with van der Waals surface area (Å²) in [7, 11) is 2.06. The van der Waals surface area contributed by atoms with Crippen LogP contribution in [-0.4, -0.2) is 54.8 Å². The van der Waals surface area contributed by atoms with E-state index >= 15 is 0 Å². The summed E-state index contributed by atoms with van der Waals surface area (Å²) in [5.41, 5.74) is 3.97. The SMILES string of the molecule is CN1CCN(C(=O)c2ccc(NC(=O)c3cccc(-c4ccccc4)c3)cc2)CC1. The topological polar surface area (TPSA) is 52.6 Å². The highest BCUT2D eigenvalue weighted by atomic mass is 16.2. The molecule has 152 valence electrons. The van der Waals surface area contributed by atoms with Gasteiger partial charge < -0.3 is 15.1 Å². The molecule has 1 aliphatic heterocycles. The van der Waals surface area contributed by atoms with E-state index in [4.69, 9.17) is 0 Å². The van der Waals surface area contributed by atoms with Crippen LogP contribution in [0.5, 0.6) is 0 Å². The molecule has 0 aromatic heterocycles. The predicted octanol–water partition coefficient (Wildman–Crippen LogP) is 3.99. The first-order chi connectivity index (χ1) is 14.6. The molecule has 5 nitrogen and oxygen atoms in total. The number of nitrogens with zero attached hydrogens (tertiary/aromatic N) is 2. The normalized spacial score (nSPS) is 14.4. The molecule has 0 spiro atoms. The van der Waals surface area contributed by atoms with Crippen LogP contribution < -0.4 is 5.32 Å². The van der Waals surface area contributed by atoms with E-state index in [1.165, 1.54) is 0 Å². The van der Waals surface area contributed by atoms with E-state index in [2.05, 4.69) is 17.3 Å². The van der Waals surface area contributed by atoms with Crippen molar-refractivity contribution in [2.45, 2.75) is 0 Å². The minimum absolute atomic E-state index is 0.0385. The maximum Gasteiger partial charge on any atom is 0.255 e. The lowest BCUT2D eigenvalue weighted by molar-refractivity contribution is 0.0664. The average Bonchev–Trinajstić information content (AvgIpc) is 2.80. The molecule has 0 radical (unpaired) electrons. The summed E-state index contributed by atoms with van der Waals surface area (Å²) in [6.45, 7) is 3.26. The number of piperazine rings is 1. The number of carbonyl (C=O) groups excluding carboxylic acids is 2. The van der Waals surface area contributed by atoms with E-state index in [9.17, 15) is 9.59 Å². The number of rotatable bonds is 4. The van der Waals surface area contributed by atoms with Crippen LogP contribution in [0.4, 0.5) is 5.69 Å². The highest BCUT2D eigenvalue weighted by Gasteiger charge is 2.20. The Balaban J connectivity index is 1.42. The number of hydrogen-bond acceptors (Lipinski definition) is 3. The standard InChI is InChI=1S/C25H25N3O2/c1-27-14-16-28(17-15-27)25(30)20-10-12-23(13-11-20)26-24(29)22-9-5-8-21(18-22)19-6-3-2-4-7-19/h2-13,18H,14-17H2,1H3,(H,26,29). The Morgan fingerprint density at radius 2 is 1.40 bits per heavy atom. The highest BCUT2D eigenvalue weighted by Crippen LogP contribution is 2.21. The molecule has 0 atom stereocenters. The fourth-order valence-corrected chi connectivity index (χ4v) is 3.56. The molecule has 0 aliphatic carbocycles. The van der Waals surface area contributed by atoms with E-state index in [1.54, 1.807) is 30.3 Å². The van der Waals surface area contributed by atoms with Gasteiger partial charge in [0.2, 0.25) is 0 Å². The van der Waals surface area contributed by atoms with Gasteiger partial charge in [-0.25, -0.2) is 0 Å². The molecule has 0 bridgehead atoms. The second-order valence-corrected chi connectivity index (χ2v) is 7.57. The monoisotopic (exact) mass is 399 g/mol. The fraction of sp³-hybridized carbons (Fsp3) is 0.200. The number of benzene rings is 3. The van der Waals surface area contributed by atoms with Crippen molar-refractivity contribution in [2.24, 2.45) is 0 Å². The molecular weight excluding hydrogens is 374 g/mol. The third-order valence-corrected chi connectivity index (χ3v) is 5.41. The Labute approximate surface area is 176 Å². The van der Waals surface area contributed by atoms with E-state index in [1.807, 2.05) is 53.4 Å². The first-order valence-corrected chi connectivity index (χ1v) is 10.1. The zero-order valence-corrected chi connectivity index (χ0v) is 17.0. The van der Waals surface area contributed by atoms with Crippen LogP contribution in [0.25, 0.3) is 11.1 Å². The molecule has 0 saturated carbocycles. The third-order valence-electron chi connectivity index (χ3n) is 5.41. The Bertz CT molecular complexity index is 1020. The van der Waals surface area contributed by atoms with Crippen LogP contribution in [0.2, 0.25) is 0 Å². The van der Waals surface area contributed by atoms with Crippen molar-refractivity contribution >= 4 is 17.5 Å². The van der Waals surface area contributed by atoms with Crippen LogP contribution in [0.1, 0.15) is 20.7 Å². The first kappa shape index (κ1) is 19.9. The van der Waals surface area contributed by atoms with Crippen molar-refractivity contribution in [3.63, 3.8) is 0 Å². The number of nitrogens with one attached hydrogen (secondary N) is 1. The quantitative estimate of drug-likeness (QED) is 0.722. The minimum Gasteiger partial charge on any atom is -0.336 e. The van der Waals surface area contributed by atoms with Gasteiger partial charge in [0, 0.05) is 43.0 Å². The van der Waals surface area contributed by atoms with Gasteiger partial charge >= 0.3 is 0 Å². The molecule has 2 amide bonds. The third kappa shape index (κ3) is 4.58. The Morgan fingerprint density at radius 3 is 2.10 bits per heavy atom. The van der Waals surface area contributed by atoms with Gasteiger partial charge in [0.1, 0.15) is 0 Å². The van der Waals surface area contributed by atoms with E-state index in [0.29, 0.717) is 16.8 Å². The van der Waals surface area contributed by atoms with Crippen molar-refractivity contribution in [3.8, 4) is 11.1 Å². The molecule has 1 saturated heterocycles. The Kier molecular flexibility index (Phi) is 5.91. The average molecular weight is 399 g/mol. The summed E-state index contributed by atoms with van der Waals surface area (Å²) in [5.74, 6) is -0.137. The number of likely N-dealkylation sites (N-methyl/N-ethyl adjacent to an activating group) is 1. The molecule has 3 aromatic rings. The van der Waals surface area contributed by atoms with Gasteiger partial charge in [-0.1, -0.05) is 42.5 Å². The predicted molar refractivity (Wildman–Crippen MR) is 120 cm³/mol. The summed E-state index contributed by atoms with van der Waals surface area (Å²) in [5, 5.41) is 2.92. The second-order valence-electron chi connectivity index (χ2n) is 7.57. The zero-order chi connectivity index (χ0) is 20.9. The Morgan fingerprint density at radius 1 is 0.733 bits per heavy atom. The van der Waals surface area contributed by atoms with Crippen LogP contribution >= 0.6 is 0 Å². The molecular formula is C25H25N3O2. The smallest absolute Gasteiger partial charge is 0.255 e. The van der Waals surface area contributed by atoms with Crippen LogP contribution in [0.15, 0.2) is 78.9 Å². The van der Waals surface area contributed by atoms with Crippen molar-refractivity contribution < 1.29 is 9.59 Å². The molecule has 5 heteroatoms. The largest absolute Gasteiger partial charge is 0.336 e. The molecule has 30 heavy (non-hydrogen) atoms. The van der Waals surface area contributed by atoms with Gasteiger partial charge in [-0.05, 0) is 54.6 Å².